The van der Waals surface area contributed by atoms with E-state index in [-0.39, 0.29) is 24.0 Å². The third-order valence-electron chi connectivity index (χ3n) is 5.40. The van der Waals surface area contributed by atoms with E-state index in [1.54, 1.807) is 7.11 Å². The van der Waals surface area contributed by atoms with E-state index in [0.29, 0.717) is 12.5 Å². The van der Waals surface area contributed by atoms with Crippen LogP contribution >= 0.6 is 24.0 Å². The monoisotopic (exact) mass is 523 g/mol. The summed E-state index contributed by atoms with van der Waals surface area (Å²) in [6.07, 6.45) is 3.27. The molecule has 0 amide bonds. The first-order valence-corrected chi connectivity index (χ1v) is 10.5. The van der Waals surface area contributed by atoms with Crippen LogP contribution in [0.5, 0.6) is 5.75 Å². The van der Waals surface area contributed by atoms with E-state index < -0.39 is 0 Å². The zero-order chi connectivity index (χ0) is 20.3. The highest BCUT2D eigenvalue weighted by atomic mass is 127. The largest absolute Gasteiger partial charge is 0.497 e. The summed E-state index contributed by atoms with van der Waals surface area (Å²) in [4.78, 5) is 6.84. The number of rotatable bonds is 9. The quantitative estimate of drug-likeness (QED) is 0.225. The van der Waals surface area contributed by atoms with Gasteiger partial charge in [0.2, 0.25) is 0 Å². The number of nitrogens with zero attached hydrogens (tertiary/aromatic N) is 2. The molecule has 1 aliphatic rings. The van der Waals surface area contributed by atoms with Crippen LogP contribution < -0.4 is 10.1 Å². The van der Waals surface area contributed by atoms with Crippen molar-refractivity contribution in [2.45, 2.75) is 31.8 Å². The molecule has 3 rings (SSSR count). The lowest BCUT2D eigenvalue weighted by molar-refractivity contribution is 0.117. The van der Waals surface area contributed by atoms with Crippen molar-refractivity contribution in [1.29, 1.82) is 0 Å². The van der Waals surface area contributed by atoms with Crippen LogP contribution in [-0.4, -0.2) is 51.3 Å². The molecule has 0 saturated carbocycles. The van der Waals surface area contributed by atoms with Gasteiger partial charge in [-0.1, -0.05) is 42.5 Å². The second kappa shape index (κ2) is 13.5. The Morgan fingerprint density at radius 2 is 1.87 bits per heavy atom. The minimum absolute atomic E-state index is 0. The van der Waals surface area contributed by atoms with Crippen molar-refractivity contribution in [3.8, 4) is 5.75 Å². The molecule has 0 spiro atoms. The van der Waals surface area contributed by atoms with Crippen LogP contribution in [0.4, 0.5) is 0 Å². The van der Waals surface area contributed by atoms with Gasteiger partial charge in [0.05, 0.1) is 13.7 Å². The number of guanidine groups is 1. The van der Waals surface area contributed by atoms with E-state index >= 15 is 0 Å². The molecule has 6 heteroatoms. The SMILES string of the molecule is CN=C(NCCCCOCc1ccccc1)N1CCC(c2ccc(OC)cc2)C1.I. The maximum atomic E-state index is 5.76. The predicted octanol–water partition coefficient (Wildman–Crippen LogP) is 4.67. The van der Waals surface area contributed by atoms with E-state index in [4.69, 9.17) is 9.47 Å². The molecule has 0 radical (unpaired) electrons. The zero-order valence-corrected chi connectivity index (χ0v) is 20.4. The van der Waals surface area contributed by atoms with Gasteiger partial charge in [0.15, 0.2) is 5.96 Å². The number of methoxy groups -OCH3 is 1. The van der Waals surface area contributed by atoms with Gasteiger partial charge in [-0.3, -0.25) is 4.99 Å². The first kappa shape index (κ1) is 24.5. The Balaban J connectivity index is 0.00000320. The van der Waals surface area contributed by atoms with E-state index in [0.717, 1.165) is 57.2 Å². The molecule has 1 atom stereocenters. The van der Waals surface area contributed by atoms with Gasteiger partial charge in [-0.15, -0.1) is 24.0 Å². The third kappa shape index (κ3) is 7.47. The lowest BCUT2D eigenvalue weighted by Crippen LogP contribution is -2.40. The molecule has 1 unspecified atom stereocenters. The number of nitrogens with one attached hydrogen (secondary N) is 1. The highest BCUT2D eigenvalue weighted by Gasteiger charge is 2.25. The average Bonchev–Trinajstić information content (AvgIpc) is 3.26. The van der Waals surface area contributed by atoms with Gasteiger partial charge in [0.1, 0.15) is 5.75 Å². The Labute approximate surface area is 197 Å². The van der Waals surface area contributed by atoms with Crippen molar-refractivity contribution in [1.82, 2.24) is 10.2 Å². The maximum absolute atomic E-state index is 5.76. The Morgan fingerprint density at radius 1 is 1.10 bits per heavy atom. The molecular formula is C24H34IN3O2. The fourth-order valence-corrected chi connectivity index (χ4v) is 3.73. The smallest absolute Gasteiger partial charge is 0.193 e. The Hall–Kier alpha value is -1.80. The molecule has 0 aliphatic carbocycles. The van der Waals surface area contributed by atoms with Crippen LogP contribution in [0.3, 0.4) is 0 Å². The van der Waals surface area contributed by atoms with Gasteiger partial charge in [-0.2, -0.15) is 0 Å². The summed E-state index contributed by atoms with van der Waals surface area (Å²) in [7, 11) is 3.57. The third-order valence-corrected chi connectivity index (χ3v) is 5.40. The minimum atomic E-state index is 0. The van der Waals surface area contributed by atoms with Crippen molar-refractivity contribution in [3.63, 3.8) is 0 Å². The summed E-state index contributed by atoms with van der Waals surface area (Å²) < 4.78 is 11.0. The van der Waals surface area contributed by atoms with E-state index in [2.05, 4.69) is 39.5 Å². The van der Waals surface area contributed by atoms with E-state index in [1.807, 2.05) is 37.4 Å². The second-order valence-corrected chi connectivity index (χ2v) is 7.42. The molecule has 5 nitrogen and oxygen atoms in total. The lowest BCUT2D eigenvalue weighted by Gasteiger charge is -2.22. The van der Waals surface area contributed by atoms with Crippen LogP contribution in [0.15, 0.2) is 59.6 Å². The Kier molecular flexibility index (Phi) is 11.0. The highest BCUT2D eigenvalue weighted by Crippen LogP contribution is 2.28. The Morgan fingerprint density at radius 3 is 2.57 bits per heavy atom. The molecule has 1 aliphatic heterocycles. The van der Waals surface area contributed by atoms with Crippen molar-refractivity contribution >= 4 is 29.9 Å². The van der Waals surface area contributed by atoms with E-state index in [9.17, 15) is 0 Å². The molecule has 0 bridgehead atoms. The van der Waals surface area contributed by atoms with Gasteiger partial charge in [0, 0.05) is 39.2 Å². The Bertz CT molecular complexity index is 753. The molecule has 1 fully saturated rings. The standard InChI is InChI=1S/C24H33N3O2.HI/c1-25-24(26-15-6-7-17-29-19-20-8-4-3-5-9-20)27-16-14-22(18-27)21-10-12-23(28-2)13-11-21;/h3-5,8-13,22H,6-7,14-19H2,1-2H3,(H,25,26);1H. The number of hydrogen-bond donors (Lipinski definition) is 1. The van der Waals surface area contributed by atoms with Gasteiger partial charge in [-0.25, -0.2) is 0 Å². The number of aliphatic imine (C=N–C) groups is 1. The molecule has 1 saturated heterocycles. The first-order chi connectivity index (χ1) is 14.3. The zero-order valence-electron chi connectivity index (χ0n) is 18.0. The fourth-order valence-electron chi connectivity index (χ4n) is 3.73. The van der Waals surface area contributed by atoms with Crippen molar-refractivity contribution in [2.75, 3.05) is 40.4 Å². The molecule has 0 aromatic heterocycles. The van der Waals surface area contributed by atoms with Crippen LogP contribution in [0.1, 0.15) is 36.3 Å². The van der Waals surface area contributed by atoms with Crippen LogP contribution in [0, 0.1) is 0 Å². The predicted molar refractivity (Wildman–Crippen MR) is 134 cm³/mol. The fraction of sp³-hybridized carbons (Fsp3) is 0.458. The number of ether oxygens (including phenoxy) is 2. The number of benzene rings is 2. The summed E-state index contributed by atoms with van der Waals surface area (Å²) in [6, 6.07) is 18.8. The molecule has 1 N–H and O–H groups in total. The van der Waals surface area contributed by atoms with Crippen molar-refractivity contribution < 1.29 is 9.47 Å². The van der Waals surface area contributed by atoms with Gasteiger partial charge >= 0.3 is 0 Å². The number of hydrogen-bond acceptors (Lipinski definition) is 3. The first-order valence-electron chi connectivity index (χ1n) is 10.5. The molecule has 2 aromatic carbocycles. The maximum Gasteiger partial charge on any atom is 0.193 e. The van der Waals surface area contributed by atoms with Gasteiger partial charge in [0.25, 0.3) is 0 Å². The average molecular weight is 523 g/mol. The molecule has 1 heterocycles. The van der Waals surface area contributed by atoms with Crippen molar-refractivity contribution in [3.05, 3.63) is 65.7 Å². The summed E-state index contributed by atoms with van der Waals surface area (Å²) in [5.41, 5.74) is 2.60. The van der Waals surface area contributed by atoms with Crippen molar-refractivity contribution in [2.24, 2.45) is 4.99 Å². The number of likely N-dealkylation sites (tertiary alicyclic amines) is 1. The van der Waals surface area contributed by atoms with Crippen LogP contribution in [-0.2, 0) is 11.3 Å². The molecule has 2 aromatic rings. The summed E-state index contributed by atoms with van der Waals surface area (Å²) in [6.45, 7) is 4.45. The van der Waals surface area contributed by atoms with Gasteiger partial charge in [-0.05, 0) is 42.5 Å². The molecule has 164 valence electrons. The minimum Gasteiger partial charge on any atom is -0.497 e. The highest BCUT2D eigenvalue weighted by molar-refractivity contribution is 14.0. The van der Waals surface area contributed by atoms with Crippen LogP contribution in [0.25, 0.3) is 0 Å². The van der Waals surface area contributed by atoms with Crippen LogP contribution in [0.2, 0.25) is 0 Å². The van der Waals surface area contributed by atoms with E-state index in [1.165, 1.54) is 11.1 Å². The normalized spacial score (nSPS) is 16.3. The second-order valence-electron chi connectivity index (χ2n) is 7.42. The molecule has 30 heavy (non-hydrogen) atoms. The number of unbranched alkanes of at least 4 members (excludes halogenated alkanes) is 1. The summed E-state index contributed by atoms with van der Waals surface area (Å²) >= 11 is 0. The molecular weight excluding hydrogens is 489 g/mol. The topological polar surface area (TPSA) is 46.1 Å². The lowest BCUT2D eigenvalue weighted by atomic mass is 9.98. The summed E-state index contributed by atoms with van der Waals surface area (Å²) in [5.74, 6) is 2.46. The number of halogens is 1. The van der Waals surface area contributed by atoms with Gasteiger partial charge < -0.3 is 19.7 Å². The summed E-state index contributed by atoms with van der Waals surface area (Å²) in [5, 5.41) is 3.51.